The van der Waals surface area contributed by atoms with Gasteiger partial charge in [0.2, 0.25) is 0 Å². The summed E-state index contributed by atoms with van der Waals surface area (Å²) in [6.07, 6.45) is 5.80. The number of nitrogens with one attached hydrogen (secondary N) is 1. The average Bonchev–Trinajstić information content (AvgIpc) is 3.12. The highest BCUT2D eigenvalue weighted by molar-refractivity contribution is 9.10. The van der Waals surface area contributed by atoms with Crippen LogP contribution in [-0.2, 0) is 0 Å². The Bertz CT molecular complexity index is 890. The summed E-state index contributed by atoms with van der Waals surface area (Å²) in [7, 11) is 3.35. The van der Waals surface area contributed by atoms with Crippen molar-refractivity contribution in [1.29, 1.82) is 0 Å². The number of anilines is 1. The molecule has 4 rings (SSSR count). The number of hydrogen-bond acceptors (Lipinski definition) is 3. The molecule has 136 valence electrons. The summed E-state index contributed by atoms with van der Waals surface area (Å²) in [5.41, 5.74) is 6.63. The van der Waals surface area contributed by atoms with Gasteiger partial charge in [-0.25, -0.2) is 0 Å². The molecular formula is C22H24BrNO2. The maximum Gasteiger partial charge on any atom is 0.174 e. The van der Waals surface area contributed by atoms with Crippen LogP contribution in [0.5, 0.6) is 11.5 Å². The molecule has 0 radical (unpaired) electrons. The van der Waals surface area contributed by atoms with Crippen LogP contribution in [0.2, 0.25) is 0 Å². The van der Waals surface area contributed by atoms with Gasteiger partial charge in [-0.2, -0.15) is 0 Å². The molecule has 0 saturated carbocycles. The summed E-state index contributed by atoms with van der Waals surface area (Å²) in [5, 5.41) is 3.85. The number of aryl methyl sites for hydroxylation is 2. The van der Waals surface area contributed by atoms with Crippen molar-refractivity contribution in [3.05, 3.63) is 63.1 Å². The largest absolute Gasteiger partial charge is 0.493 e. The van der Waals surface area contributed by atoms with Crippen LogP contribution in [0.15, 0.2) is 40.9 Å². The van der Waals surface area contributed by atoms with Crippen LogP contribution in [0.25, 0.3) is 0 Å². The Balaban J connectivity index is 1.84. The molecule has 1 N–H and O–H groups in total. The summed E-state index contributed by atoms with van der Waals surface area (Å²) in [5.74, 6) is 2.46. The second-order valence-corrected chi connectivity index (χ2v) is 8.06. The SMILES string of the molecule is COc1cc([C@@H]2Nc3c(C)ccc(C)c3[C@@H]3C=CC[C@@H]32)cc(Br)c1OC. The molecule has 2 aromatic rings. The van der Waals surface area contributed by atoms with Crippen LogP contribution in [0.1, 0.15) is 40.6 Å². The quantitative estimate of drug-likeness (QED) is 0.634. The first kappa shape index (κ1) is 17.5. The fourth-order valence-electron chi connectivity index (χ4n) is 4.49. The van der Waals surface area contributed by atoms with Gasteiger partial charge in [-0.15, -0.1) is 0 Å². The van der Waals surface area contributed by atoms with Gasteiger partial charge in [0.05, 0.1) is 24.7 Å². The summed E-state index contributed by atoms with van der Waals surface area (Å²) >= 11 is 3.65. The second-order valence-electron chi connectivity index (χ2n) is 7.20. The Morgan fingerprint density at radius 2 is 1.85 bits per heavy atom. The van der Waals surface area contributed by atoms with Crippen molar-refractivity contribution in [3.63, 3.8) is 0 Å². The first-order chi connectivity index (χ1) is 12.5. The first-order valence-electron chi connectivity index (χ1n) is 8.99. The van der Waals surface area contributed by atoms with Crippen molar-refractivity contribution < 1.29 is 9.47 Å². The van der Waals surface area contributed by atoms with Crippen molar-refractivity contribution >= 4 is 21.6 Å². The van der Waals surface area contributed by atoms with Gasteiger partial charge in [-0.1, -0.05) is 24.3 Å². The smallest absolute Gasteiger partial charge is 0.174 e. The molecule has 0 amide bonds. The van der Waals surface area contributed by atoms with Gasteiger partial charge < -0.3 is 14.8 Å². The van der Waals surface area contributed by atoms with Crippen LogP contribution in [0, 0.1) is 19.8 Å². The molecule has 0 fully saturated rings. The summed E-state index contributed by atoms with van der Waals surface area (Å²) < 4.78 is 12.0. The van der Waals surface area contributed by atoms with Crippen molar-refractivity contribution in [2.75, 3.05) is 19.5 Å². The molecule has 3 atom stereocenters. The normalized spacial score (nSPS) is 23.2. The summed E-state index contributed by atoms with van der Waals surface area (Å²) in [4.78, 5) is 0. The lowest BCUT2D eigenvalue weighted by Gasteiger charge is -2.39. The van der Waals surface area contributed by atoms with E-state index in [1.165, 1.54) is 27.9 Å². The second kappa shape index (κ2) is 6.66. The standard InChI is InChI=1S/C22H24BrNO2/c1-12-8-9-13(2)20-19(12)15-6-5-7-16(15)21(24-20)14-10-17(23)22(26-4)18(11-14)25-3/h5-6,8-11,15-16,21,24H,7H2,1-4H3/t15-,16+,21+/m1/s1. The highest BCUT2D eigenvalue weighted by atomic mass is 79.9. The van der Waals surface area contributed by atoms with Crippen molar-refractivity contribution in [2.24, 2.45) is 5.92 Å². The molecule has 1 heterocycles. The van der Waals surface area contributed by atoms with E-state index >= 15 is 0 Å². The minimum Gasteiger partial charge on any atom is -0.493 e. The highest BCUT2D eigenvalue weighted by Crippen LogP contribution is 2.52. The van der Waals surface area contributed by atoms with Crippen LogP contribution in [0.3, 0.4) is 0 Å². The summed E-state index contributed by atoms with van der Waals surface area (Å²) in [6.45, 7) is 4.41. The van der Waals surface area contributed by atoms with Gasteiger partial charge in [-0.3, -0.25) is 0 Å². The molecule has 0 saturated heterocycles. The Morgan fingerprint density at radius 1 is 1.08 bits per heavy atom. The molecule has 0 spiro atoms. The van der Waals surface area contributed by atoms with Gasteiger partial charge in [0.15, 0.2) is 11.5 Å². The predicted molar refractivity (Wildman–Crippen MR) is 110 cm³/mol. The lowest BCUT2D eigenvalue weighted by molar-refractivity contribution is 0.351. The molecular weight excluding hydrogens is 390 g/mol. The average molecular weight is 414 g/mol. The molecule has 2 aromatic carbocycles. The van der Waals surface area contributed by atoms with Crippen LogP contribution < -0.4 is 14.8 Å². The molecule has 0 aromatic heterocycles. The monoisotopic (exact) mass is 413 g/mol. The maximum absolute atomic E-state index is 5.57. The zero-order valence-electron chi connectivity index (χ0n) is 15.6. The lowest BCUT2D eigenvalue weighted by Crippen LogP contribution is -2.30. The molecule has 0 bridgehead atoms. The Labute approximate surface area is 163 Å². The van der Waals surface area contributed by atoms with E-state index in [1.54, 1.807) is 14.2 Å². The molecule has 1 aliphatic heterocycles. The molecule has 3 nitrogen and oxygen atoms in total. The van der Waals surface area contributed by atoms with E-state index in [1.807, 2.05) is 0 Å². The van der Waals surface area contributed by atoms with Crippen molar-refractivity contribution in [3.8, 4) is 11.5 Å². The Kier molecular flexibility index (Phi) is 4.47. The third kappa shape index (κ3) is 2.62. The van der Waals surface area contributed by atoms with Crippen LogP contribution in [0.4, 0.5) is 5.69 Å². The third-order valence-corrected chi connectivity index (χ3v) is 6.35. The number of benzene rings is 2. The minimum atomic E-state index is 0.235. The maximum atomic E-state index is 5.57. The van der Waals surface area contributed by atoms with Gasteiger partial charge in [0.25, 0.3) is 0 Å². The van der Waals surface area contributed by atoms with Gasteiger partial charge in [-0.05, 0) is 76.5 Å². The molecule has 26 heavy (non-hydrogen) atoms. The summed E-state index contributed by atoms with van der Waals surface area (Å²) in [6, 6.07) is 8.95. The zero-order chi connectivity index (χ0) is 18.4. The minimum absolute atomic E-state index is 0.235. The molecule has 4 heteroatoms. The number of allylic oxidation sites excluding steroid dienone is 2. The van der Waals surface area contributed by atoms with E-state index in [2.05, 4.69) is 71.5 Å². The number of halogens is 1. The van der Waals surface area contributed by atoms with Gasteiger partial charge in [0, 0.05) is 11.6 Å². The van der Waals surface area contributed by atoms with Gasteiger partial charge in [0.1, 0.15) is 0 Å². The molecule has 1 aliphatic carbocycles. The van der Waals surface area contributed by atoms with Gasteiger partial charge >= 0.3 is 0 Å². The Hall–Kier alpha value is -1.94. The predicted octanol–water partition coefficient (Wildman–Crippen LogP) is 5.91. The zero-order valence-corrected chi connectivity index (χ0v) is 17.2. The van der Waals surface area contributed by atoms with Crippen molar-refractivity contribution in [1.82, 2.24) is 0 Å². The first-order valence-corrected chi connectivity index (χ1v) is 9.79. The van der Waals surface area contributed by atoms with E-state index < -0.39 is 0 Å². The van der Waals surface area contributed by atoms with Crippen molar-refractivity contribution in [2.45, 2.75) is 32.2 Å². The van der Waals surface area contributed by atoms with Crippen LogP contribution in [-0.4, -0.2) is 14.2 Å². The third-order valence-electron chi connectivity index (χ3n) is 5.76. The van der Waals surface area contributed by atoms with E-state index in [0.29, 0.717) is 11.8 Å². The molecule has 2 aliphatic rings. The fourth-order valence-corrected chi connectivity index (χ4v) is 5.11. The van der Waals surface area contributed by atoms with E-state index in [9.17, 15) is 0 Å². The fraction of sp³-hybridized carbons (Fsp3) is 0.364. The number of hydrogen-bond donors (Lipinski definition) is 1. The number of rotatable bonds is 3. The number of fused-ring (bicyclic) bond motifs is 3. The van der Waals surface area contributed by atoms with E-state index in [-0.39, 0.29) is 6.04 Å². The lowest BCUT2D eigenvalue weighted by atomic mass is 9.75. The topological polar surface area (TPSA) is 30.5 Å². The Morgan fingerprint density at radius 3 is 2.58 bits per heavy atom. The van der Waals surface area contributed by atoms with E-state index in [4.69, 9.17) is 9.47 Å². The number of methoxy groups -OCH3 is 2. The van der Waals surface area contributed by atoms with E-state index in [0.717, 1.165) is 22.4 Å². The van der Waals surface area contributed by atoms with Crippen LogP contribution >= 0.6 is 15.9 Å². The molecule has 0 unspecified atom stereocenters. The number of ether oxygens (including phenoxy) is 2. The highest BCUT2D eigenvalue weighted by Gasteiger charge is 2.39.